The standard InChI is InChI=1S/C7H4BrNO2/c8-6-3-1-2-5(4-6)7(10)9-11/h1-4H. The first kappa shape index (κ1) is 8.07. The van der Waals surface area contributed by atoms with Crippen LogP contribution in [0.5, 0.6) is 0 Å². The Kier molecular flexibility index (Phi) is 2.48. The molecule has 0 radical (unpaired) electrons. The van der Waals surface area contributed by atoms with Gasteiger partial charge in [0.1, 0.15) is 0 Å². The normalized spacial score (nSPS) is 9.18. The number of rotatable bonds is 1. The highest BCUT2D eigenvalue weighted by Gasteiger charge is 2.03. The zero-order chi connectivity index (χ0) is 8.27. The van der Waals surface area contributed by atoms with Gasteiger partial charge in [0, 0.05) is 15.2 Å². The SMILES string of the molecule is O=NC(=O)c1cccc(Br)c1. The lowest BCUT2D eigenvalue weighted by Gasteiger charge is -1.91. The Bertz CT molecular complexity index is 298. The molecule has 1 rings (SSSR count). The monoisotopic (exact) mass is 213 g/mol. The molecule has 56 valence electrons. The van der Waals surface area contributed by atoms with Crippen LogP contribution in [0.25, 0.3) is 0 Å². The van der Waals surface area contributed by atoms with Crippen LogP contribution in [0.1, 0.15) is 10.4 Å². The van der Waals surface area contributed by atoms with Crippen molar-refractivity contribution in [2.75, 3.05) is 0 Å². The molecule has 0 spiro atoms. The summed E-state index contributed by atoms with van der Waals surface area (Å²) in [7, 11) is 0. The van der Waals surface area contributed by atoms with Gasteiger partial charge in [0.05, 0.1) is 0 Å². The summed E-state index contributed by atoms with van der Waals surface area (Å²) < 4.78 is 0.756. The van der Waals surface area contributed by atoms with E-state index in [9.17, 15) is 9.70 Å². The first-order valence-corrected chi connectivity index (χ1v) is 3.66. The van der Waals surface area contributed by atoms with Gasteiger partial charge >= 0.3 is 5.91 Å². The van der Waals surface area contributed by atoms with E-state index in [2.05, 4.69) is 21.1 Å². The molecule has 0 saturated carbocycles. The van der Waals surface area contributed by atoms with Crippen LogP contribution in [0.2, 0.25) is 0 Å². The van der Waals surface area contributed by atoms with Gasteiger partial charge in [-0.05, 0) is 18.2 Å². The Hall–Kier alpha value is -1.03. The first-order chi connectivity index (χ1) is 5.24. The number of benzene rings is 1. The molecule has 0 N–H and O–H groups in total. The van der Waals surface area contributed by atoms with Crippen LogP contribution < -0.4 is 0 Å². The van der Waals surface area contributed by atoms with E-state index in [4.69, 9.17) is 0 Å². The number of amides is 1. The van der Waals surface area contributed by atoms with Gasteiger partial charge in [-0.15, -0.1) is 4.91 Å². The summed E-state index contributed by atoms with van der Waals surface area (Å²) in [4.78, 5) is 20.5. The van der Waals surface area contributed by atoms with E-state index < -0.39 is 5.91 Å². The lowest BCUT2D eigenvalue weighted by molar-refractivity contribution is 0.100. The lowest BCUT2D eigenvalue weighted by atomic mass is 10.2. The van der Waals surface area contributed by atoms with Crippen LogP contribution in [0.3, 0.4) is 0 Å². The van der Waals surface area contributed by atoms with E-state index in [1.54, 1.807) is 18.2 Å². The molecule has 0 unspecified atom stereocenters. The Balaban J connectivity index is 3.05. The van der Waals surface area contributed by atoms with Crippen LogP contribution in [0.15, 0.2) is 33.9 Å². The van der Waals surface area contributed by atoms with Gasteiger partial charge in [-0.25, -0.2) is 0 Å². The predicted octanol–water partition coefficient (Wildman–Crippen LogP) is 2.36. The van der Waals surface area contributed by atoms with Crippen LogP contribution in [0.4, 0.5) is 0 Å². The minimum atomic E-state index is -0.744. The molecule has 1 aromatic carbocycles. The van der Waals surface area contributed by atoms with Crippen LogP contribution in [-0.4, -0.2) is 5.91 Å². The van der Waals surface area contributed by atoms with Gasteiger partial charge in [-0.2, -0.15) is 0 Å². The van der Waals surface area contributed by atoms with Crippen molar-refractivity contribution in [2.45, 2.75) is 0 Å². The third-order valence-corrected chi connectivity index (χ3v) is 1.65. The fourth-order valence-corrected chi connectivity index (χ4v) is 1.07. The van der Waals surface area contributed by atoms with Gasteiger partial charge < -0.3 is 0 Å². The van der Waals surface area contributed by atoms with Gasteiger partial charge in [0.2, 0.25) is 0 Å². The molecule has 4 heteroatoms. The van der Waals surface area contributed by atoms with Crippen molar-refractivity contribution in [3.8, 4) is 0 Å². The zero-order valence-electron chi connectivity index (χ0n) is 5.45. The second-order valence-electron chi connectivity index (χ2n) is 1.91. The molecule has 1 aromatic rings. The minimum absolute atomic E-state index is 0.300. The van der Waals surface area contributed by atoms with Crippen LogP contribution >= 0.6 is 15.9 Å². The van der Waals surface area contributed by atoms with Crippen molar-refractivity contribution in [2.24, 2.45) is 5.18 Å². The lowest BCUT2D eigenvalue weighted by Crippen LogP contribution is -1.91. The second-order valence-corrected chi connectivity index (χ2v) is 2.82. The molecular weight excluding hydrogens is 210 g/mol. The molecule has 0 aliphatic rings. The number of halogens is 1. The molecule has 0 aliphatic carbocycles. The molecule has 0 fully saturated rings. The van der Waals surface area contributed by atoms with Crippen LogP contribution in [0, 0.1) is 4.91 Å². The topological polar surface area (TPSA) is 46.5 Å². The van der Waals surface area contributed by atoms with Crippen molar-refractivity contribution in [3.05, 3.63) is 39.2 Å². The fourth-order valence-electron chi connectivity index (χ4n) is 0.674. The highest BCUT2D eigenvalue weighted by molar-refractivity contribution is 9.10. The summed E-state index contributed by atoms with van der Waals surface area (Å²) in [5.74, 6) is -0.744. The maximum Gasteiger partial charge on any atom is 0.316 e. The van der Waals surface area contributed by atoms with Crippen molar-refractivity contribution in [3.63, 3.8) is 0 Å². The van der Waals surface area contributed by atoms with E-state index >= 15 is 0 Å². The maximum absolute atomic E-state index is 10.7. The fraction of sp³-hybridized carbons (Fsp3) is 0. The summed E-state index contributed by atoms with van der Waals surface area (Å²) >= 11 is 3.16. The summed E-state index contributed by atoms with van der Waals surface area (Å²) in [5, 5.41) is 2.29. The zero-order valence-corrected chi connectivity index (χ0v) is 7.04. The Morgan fingerprint density at radius 1 is 1.45 bits per heavy atom. The molecule has 0 saturated heterocycles. The molecule has 0 aromatic heterocycles. The second kappa shape index (κ2) is 3.39. The number of nitrogens with zero attached hydrogens (tertiary/aromatic N) is 1. The van der Waals surface area contributed by atoms with Crippen LogP contribution in [-0.2, 0) is 0 Å². The Morgan fingerprint density at radius 3 is 2.73 bits per heavy atom. The molecule has 0 bridgehead atoms. The van der Waals surface area contributed by atoms with Crippen molar-refractivity contribution in [1.82, 2.24) is 0 Å². The molecule has 3 nitrogen and oxygen atoms in total. The molecule has 1 amide bonds. The summed E-state index contributed by atoms with van der Waals surface area (Å²) in [6, 6.07) is 6.52. The third kappa shape index (κ3) is 1.94. The minimum Gasteiger partial charge on any atom is -0.263 e. The number of carbonyl (C=O) groups excluding carboxylic acids is 1. The summed E-state index contributed by atoms with van der Waals surface area (Å²) in [6.45, 7) is 0. The number of nitroso groups, excluding NO2 is 1. The molecule has 0 atom stereocenters. The third-order valence-electron chi connectivity index (χ3n) is 1.15. The van der Waals surface area contributed by atoms with Gasteiger partial charge in [-0.3, -0.25) is 4.79 Å². The molecule has 0 aliphatic heterocycles. The molecule has 11 heavy (non-hydrogen) atoms. The highest BCUT2D eigenvalue weighted by atomic mass is 79.9. The predicted molar refractivity (Wildman–Crippen MR) is 44.3 cm³/mol. The van der Waals surface area contributed by atoms with Crippen molar-refractivity contribution in [1.29, 1.82) is 0 Å². The quantitative estimate of drug-likeness (QED) is 0.673. The average Bonchev–Trinajstić information content (AvgIpc) is 2.03. The number of hydrogen-bond donors (Lipinski definition) is 0. The van der Waals surface area contributed by atoms with E-state index in [1.807, 2.05) is 0 Å². The number of carbonyl (C=O) groups is 1. The molecular formula is C7H4BrNO2. The van der Waals surface area contributed by atoms with E-state index in [1.165, 1.54) is 6.07 Å². The largest absolute Gasteiger partial charge is 0.316 e. The highest BCUT2D eigenvalue weighted by Crippen LogP contribution is 2.11. The van der Waals surface area contributed by atoms with E-state index in [0.29, 0.717) is 5.56 Å². The average molecular weight is 214 g/mol. The van der Waals surface area contributed by atoms with E-state index in [-0.39, 0.29) is 0 Å². The summed E-state index contributed by atoms with van der Waals surface area (Å²) in [6.07, 6.45) is 0. The van der Waals surface area contributed by atoms with E-state index in [0.717, 1.165) is 4.47 Å². The number of hydrogen-bond acceptors (Lipinski definition) is 2. The Labute approximate surface area is 71.5 Å². The maximum atomic E-state index is 10.7. The summed E-state index contributed by atoms with van der Waals surface area (Å²) in [5.41, 5.74) is 0.300. The van der Waals surface area contributed by atoms with Crippen molar-refractivity contribution < 1.29 is 4.79 Å². The van der Waals surface area contributed by atoms with Crippen molar-refractivity contribution >= 4 is 21.8 Å². The first-order valence-electron chi connectivity index (χ1n) is 2.87. The smallest absolute Gasteiger partial charge is 0.263 e. The van der Waals surface area contributed by atoms with Gasteiger partial charge in [0.25, 0.3) is 0 Å². The van der Waals surface area contributed by atoms with Gasteiger partial charge in [-0.1, -0.05) is 22.0 Å². The Morgan fingerprint density at radius 2 is 2.18 bits per heavy atom. The molecule has 0 heterocycles. The van der Waals surface area contributed by atoms with Gasteiger partial charge in [0.15, 0.2) is 0 Å².